The average molecular weight is 281 g/mol. The Kier molecular flexibility index (Phi) is 3.46. The molecular formula is C14H17ClN2O2. The van der Waals surface area contributed by atoms with Gasteiger partial charge in [-0.3, -0.25) is 10.1 Å². The van der Waals surface area contributed by atoms with Crippen molar-refractivity contribution in [2.75, 3.05) is 0 Å². The highest BCUT2D eigenvalue weighted by atomic mass is 35.5. The first-order valence-electron chi connectivity index (χ1n) is 6.82. The zero-order chi connectivity index (χ0) is 13.4. The molecule has 2 aliphatic rings. The van der Waals surface area contributed by atoms with Gasteiger partial charge in [0.05, 0.1) is 15.5 Å². The molecular weight excluding hydrogens is 264 g/mol. The molecule has 0 heterocycles. The van der Waals surface area contributed by atoms with Crippen LogP contribution in [0, 0.1) is 22.0 Å². The van der Waals surface area contributed by atoms with E-state index in [9.17, 15) is 10.1 Å². The van der Waals surface area contributed by atoms with Gasteiger partial charge >= 0.3 is 0 Å². The molecule has 0 radical (unpaired) electrons. The second kappa shape index (κ2) is 5.10. The van der Waals surface area contributed by atoms with E-state index in [-0.39, 0.29) is 10.6 Å². The van der Waals surface area contributed by atoms with Crippen LogP contribution in [-0.4, -0.2) is 11.0 Å². The van der Waals surface area contributed by atoms with Crippen molar-refractivity contribution in [2.45, 2.75) is 38.3 Å². The molecule has 3 rings (SSSR count). The van der Waals surface area contributed by atoms with E-state index in [0.717, 1.165) is 11.8 Å². The van der Waals surface area contributed by atoms with Gasteiger partial charge in [-0.25, -0.2) is 0 Å². The van der Waals surface area contributed by atoms with Crippen molar-refractivity contribution in [1.29, 1.82) is 0 Å². The van der Waals surface area contributed by atoms with Gasteiger partial charge in [0.15, 0.2) is 0 Å². The second-order valence-electron chi connectivity index (χ2n) is 5.58. The number of benzene rings is 1. The molecule has 5 heteroatoms. The van der Waals surface area contributed by atoms with Crippen LogP contribution in [0.2, 0.25) is 5.02 Å². The quantitative estimate of drug-likeness (QED) is 0.641. The van der Waals surface area contributed by atoms with Gasteiger partial charge in [0.25, 0.3) is 5.69 Å². The van der Waals surface area contributed by atoms with Crippen molar-refractivity contribution in [3.63, 3.8) is 0 Å². The number of nitro groups is 1. The minimum absolute atomic E-state index is 0.116. The number of hydrogen-bond acceptors (Lipinski definition) is 3. The lowest BCUT2D eigenvalue weighted by Gasteiger charge is -2.18. The van der Waals surface area contributed by atoms with E-state index in [1.807, 2.05) is 0 Å². The summed E-state index contributed by atoms with van der Waals surface area (Å²) in [6, 6.07) is 5.39. The first kappa shape index (κ1) is 12.9. The monoisotopic (exact) mass is 280 g/mol. The van der Waals surface area contributed by atoms with Crippen molar-refractivity contribution in [3.05, 3.63) is 38.9 Å². The molecule has 0 aliphatic heterocycles. The van der Waals surface area contributed by atoms with Gasteiger partial charge in [-0.15, -0.1) is 0 Å². The maximum absolute atomic E-state index is 11.0. The summed E-state index contributed by atoms with van der Waals surface area (Å²) >= 11 is 6.10. The first-order valence-corrected chi connectivity index (χ1v) is 7.20. The molecule has 102 valence electrons. The molecule has 0 unspecified atom stereocenters. The zero-order valence-corrected chi connectivity index (χ0v) is 11.4. The smallest absolute Gasteiger partial charge is 0.275 e. The van der Waals surface area contributed by atoms with Crippen molar-refractivity contribution in [3.8, 4) is 0 Å². The van der Waals surface area contributed by atoms with Gasteiger partial charge in [-0.05, 0) is 43.6 Å². The van der Waals surface area contributed by atoms with Crippen molar-refractivity contribution >= 4 is 17.3 Å². The highest BCUT2D eigenvalue weighted by molar-refractivity contribution is 6.31. The minimum atomic E-state index is -0.355. The van der Waals surface area contributed by atoms with Gasteiger partial charge in [0.1, 0.15) is 0 Å². The maximum Gasteiger partial charge on any atom is 0.275 e. The summed E-state index contributed by atoms with van der Waals surface area (Å²) in [4.78, 5) is 10.7. The number of nitro benzene ring substituents is 1. The Balaban J connectivity index is 1.73. The van der Waals surface area contributed by atoms with Crippen LogP contribution in [0.3, 0.4) is 0 Å². The van der Waals surface area contributed by atoms with Crippen LogP contribution in [-0.2, 0) is 6.54 Å². The van der Waals surface area contributed by atoms with Gasteiger partial charge in [-0.2, -0.15) is 0 Å². The molecule has 4 nitrogen and oxygen atoms in total. The molecule has 1 aromatic carbocycles. The van der Waals surface area contributed by atoms with E-state index < -0.39 is 0 Å². The first-order chi connectivity index (χ1) is 9.16. The average Bonchev–Trinajstić information content (AvgIpc) is 3.25. The van der Waals surface area contributed by atoms with Crippen LogP contribution in [0.1, 0.15) is 31.2 Å². The number of nitrogens with zero attached hydrogens (tertiary/aromatic N) is 1. The zero-order valence-electron chi connectivity index (χ0n) is 10.6. The van der Waals surface area contributed by atoms with E-state index >= 15 is 0 Å². The molecule has 19 heavy (non-hydrogen) atoms. The molecule has 2 fully saturated rings. The summed E-state index contributed by atoms with van der Waals surface area (Å²) in [7, 11) is 0. The Hall–Kier alpha value is -1.13. The minimum Gasteiger partial charge on any atom is -0.309 e. The Morgan fingerprint density at radius 2 is 1.95 bits per heavy atom. The molecule has 0 spiro atoms. The van der Waals surface area contributed by atoms with Crippen LogP contribution in [0.15, 0.2) is 18.2 Å². The summed E-state index contributed by atoms with van der Waals surface area (Å²) in [6.45, 7) is 0.494. The van der Waals surface area contributed by atoms with E-state index in [0.29, 0.717) is 23.2 Å². The van der Waals surface area contributed by atoms with Gasteiger partial charge in [0.2, 0.25) is 0 Å². The lowest BCUT2D eigenvalue weighted by atomic mass is 10.1. The van der Waals surface area contributed by atoms with Crippen LogP contribution in [0.4, 0.5) is 5.69 Å². The topological polar surface area (TPSA) is 55.2 Å². The fourth-order valence-corrected chi connectivity index (χ4v) is 2.98. The van der Waals surface area contributed by atoms with Crippen LogP contribution in [0.5, 0.6) is 0 Å². The number of nitrogens with one attached hydrogen (secondary N) is 1. The summed E-state index contributed by atoms with van der Waals surface area (Å²) in [6.07, 6.45) is 5.16. The Labute approximate surface area is 117 Å². The third kappa shape index (κ3) is 2.90. The van der Waals surface area contributed by atoms with Gasteiger partial charge in [-0.1, -0.05) is 17.7 Å². The van der Waals surface area contributed by atoms with E-state index in [2.05, 4.69) is 5.32 Å². The lowest BCUT2D eigenvalue weighted by molar-refractivity contribution is -0.385. The third-order valence-corrected chi connectivity index (χ3v) is 4.42. The van der Waals surface area contributed by atoms with Crippen LogP contribution < -0.4 is 5.32 Å². The number of halogens is 1. The van der Waals surface area contributed by atoms with E-state index in [1.165, 1.54) is 31.7 Å². The Morgan fingerprint density at radius 3 is 2.47 bits per heavy atom. The normalized spacial score (nSPS) is 18.8. The Morgan fingerprint density at radius 1 is 1.32 bits per heavy atom. The predicted octanol–water partition coefficient (Wildman–Crippen LogP) is 3.53. The lowest BCUT2D eigenvalue weighted by Crippen LogP contribution is -2.32. The van der Waals surface area contributed by atoms with Gasteiger partial charge in [0, 0.05) is 18.7 Å². The molecule has 1 N–H and O–H groups in total. The fraction of sp³-hybridized carbons (Fsp3) is 0.571. The second-order valence-corrected chi connectivity index (χ2v) is 5.98. The summed E-state index contributed by atoms with van der Waals surface area (Å²) < 4.78 is 0. The van der Waals surface area contributed by atoms with E-state index in [1.54, 1.807) is 12.1 Å². The molecule has 0 aromatic heterocycles. The summed E-state index contributed by atoms with van der Waals surface area (Å²) in [5.74, 6) is 1.54. The Bertz CT molecular complexity index is 486. The fourth-order valence-electron chi connectivity index (χ4n) is 2.74. The molecule has 1 aromatic rings. The molecule has 0 amide bonds. The largest absolute Gasteiger partial charge is 0.309 e. The molecule has 0 atom stereocenters. The highest BCUT2D eigenvalue weighted by Crippen LogP contribution is 2.44. The summed E-state index contributed by atoms with van der Waals surface area (Å²) in [5.41, 5.74) is 0.728. The number of hydrogen-bond donors (Lipinski definition) is 1. The SMILES string of the molecule is O=[N+]([O-])c1cccc(Cl)c1CNC(C1CC1)C1CC1. The molecule has 2 aliphatic carbocycles. The maximum atomic E-state index is 11.0. The molecule has 2 saturated carbocycles. The third-order valence-electron chi connectivity index (χ3n) is 4.07. The highest BCUT2D eigenvalue weighted by Gasteiger charge is 2.41. The van der Waals surface area contributed by atoms with Gasteiger partial charge < -0.3 is 5.32 Å². The predicted molar refractivity (Wildman–Crippen MR) is 74.2 cm³/mol. The van der Waals surface area contributed by atoms with Crippen molar-refractivity contribution in [1.82, 2.24) is 5.32 Å². The van der Waals surface area contributed by atoms with Crippen LogP contribution >= 0.6 is 11.6 Å². The van der Waals surface area contributed by atoms with Crippen molar-refractivity contribution in [2.24, 2.45) is 11.8 Å². The van der Waals surface area contributed by atoms with Crippen molar-refractivity contribution < 1.29 is 4.92 Å². The van der Waals surface area contributed by atoms with E-state index in [4.69, 9.17) is 11.6 Å². The number of rotatable bonds is 6. The standard InChI is InChI=1S/C14H17ClN2O2/c15-12-2-1-3-13(17(18)19)11(12)8-16-14(9-4-5-9)10-6-7-10/h1-3,9-10,14,16H,4-8H2. The molecule has 0 saturated heterocycles. The molecule has 0 bridgehead atoms. The van der Waals surface area contributed by atoms with Crippen LogP contribution in [0.25, 0.3) is 0 Å². The summed E-state index contributed by atoms with van der Waals surface area (Å²) in [5, 5.41) is 15.0.